The van der Waals surface area contributed by atoms with Gasteiger partial charge < -0.3 is 4.90 Å². The number of amides is 1. The molecular formula is C21H21F2N3OS. The van der Waals surface area contributed by atoms with E-state index in [1.807, 2.05) is 6.07 Å². The number of nitrogens with zero attached hydrogens (tertiary/aromatic N) is 3. The molecule has 1 atom stereocenters. The molecule has 0 N–H and O–H groups in total. The van der Waals surface area contributed by atoms with Gasteiger partial charge in [0.25, 0.3) is 0 Å². The number of pyridine rings is 1. The first-order valence-electron chi connectivity index (χ1n) is 9.17. The van der Waals surface area contributed by atoms with E-state index in [9.17, 15) is 18.8 Å². The highest BCUT2D eigenvalue weighted by molar-refractivity contribution is 7.99. The highest BCUT2D eigenvalue weighted by atomic mass is 32.2. The fraction of sp³-hybridized carbons (Fsp3) is 0.381. The van der Waals surface area contributed by atoms with Crippen LogP contribution in [0, 0.1) is 23.0 Å². The maximum atomic E-state index is 13.5. The zero-order chi connectivity index (χ0) is 20.3. The first-order valence-corrected chi connectivity index (χ1v) is 10.2. The second-order valence-electron chi connectivity index (χ2n) is 6.91. The molecule has 1 aliphatic carbocycles. The minimum atomic E-state index is -0.934. The van der Waals surface area contributed by atoms with E-state index < -0.39 is 17.7 Å². The second-order valence-corrected chi connectivity index (χ2v) is 7.87. The summed E-state index contributed by atoms with van der Waals surface area (Å²) < 4.78 is 26.6. The van der Waals surface area contributed by atoms with Gasteiger partial charge in [-0.2, -0.15) is 5.26 Å². The molecule has 1 amide bonds. The average Bonchev–Trinajstić information content (AvgIpc) is 2.72. The number of nitriles is 1. The second kappa shape index (κ2) is 8.70. The van der Waals surface area contributed by atoms with Gasteiger partial charge in [0.2, 0.25) is 5.91 Å². The van der Waals surface area contributed by atoms with Crippen LogP contribution in [0.1, 0.15) is 48.2 Å². The molecule has 1 aliphatic rings. The first-order chi connectivity index (χ1) is 13.4. The maximum Gasteiger partial charge on any atom is 0.233 e. The van der Waals surface area contributed by atoms with E-state index in [2.05, 4.69) is 11.1 Å². The third-order valence-corrected chi connectivity index (χ3v) is 6.09. The predicted molar refractivity (Wildman–Crippen MR) is 104 cm³/mol. The zero-order valence-electron chi connectivity index (χ0n) is 15.8. The molecule has 0 bridgehead atoms. The standard InChI is InChI=1S/C21H21F2N3OS/c1-13(14-7-8-17(22)18(23)10-14)26(2)20(27)12-28-21-16(11-24)9-15-5-3-4-6-19(15)25-21/h7-10,13H,3-6,12H2,1-2H3. The number of aryl methyl sites for hydroxylation is 2. The third-order valence-electron chi connectivity index (χ3n) is 5.12. The van der Waals surface area contributed by atoms with Gasteiger partial charge in [0.1, 0.15) is 11.1 Å². The van der Waals surface area contributed by atoms with Crippen molar-refractivity contribution in [2.24, 2.45) is 0 Å². The van der Waals surface area contributed by atoms with Gasteiger partial charge in [0.05, 0.1) is 17.4 Å². The Hall–Kier alpha value is -2.46. The molecule has 1 unspecified atom stereocenters. The summed E-state index contributed by atoms with van der Waals surface area (Å²) in [6.45, 7) is 1.76. The summed E-state index contributed by atoms with van der Waals surface area (Å²) >= 11 is 1.24. The van der Waals surface area contributed by atoms with Crippen molar-refractivity contribution in [1.29, 1.82) is 5.26 Å². The number of thioether (sulfide) groups is 1. The van der Waals surface area contributed by atoms with E-state index in [0.717, 1.165) is 49.1 Å². The van der Waals surface area contributed by atoms with Crippen molar-refractivity contribution in [1.82, 2.24) is 9.88 Å². The lowest BCUT2D eigenvalue weighted by atomic mass is 9.95. The van der Waals surface area contributed by atoms with E-state index >= 15 is 0 Å². The Balaban J connectivity index is 1.69. The van der Waals surface area contributed by atoms with Gasteiger partial charge in [0.15, 0.2) is 11.6 Å². The molecule has 2 aromatic rings. The normalized spacial score (nSPS) is 14.1. The smallest absolute Gasteiger partial charge is 0.233 e. The van der Waals surface area contributed by atoms with Crippen molar-refractivity contribution in [2.45, 2.75) is 43.7 Å². The lowest BCUT2D eigenvalue weighted by molar-refractivity contribution is -0.128. The predicted octanol–water partition coefficient (Wildman–Crippen LogP) is 4.42. The van der Waals surface area contributed by atoms with Gasteiger partial charge in [-0.15, -0.1) is 0 Å². The van der Waals surface area contributed by atoms with E-state index in [1.165, 1.54) is 22.7 Å². The van der Waals surface area contributed by atoms with Crippen LogP contribution in [0.2, 0.25) is 0 Å². The molecule has 1 aromatic heterocycles. The highest BCUT2D eigenvalue weighted by Crippen LogP contribution is 2.28. The van der Waals surface area contributed by atoms with Crippen LogP contribution in [0.25, 0.3) is 0 Å². The number of hydrogen-bond acceptors (Lipinski definition) is 4. The fourth-order valence-electron chi connectivity index (χ4n) is 3.25. The number of aromatic nitrogens is 1. The van der Waals surface area contributed by atoms with E-state index in [4.69, 9.17) is 0 Å². The number of halogens is 2. The summed E-state index contributed by atoms with van der Waals surface area (Å²) in [4.78, 5) is 18.7. The average molecular weight is 401 g/mol. The number of benzene rings is 1. The minimum Gasteiger partial charge on any atom is -0.338 e. The number of rotatable bonds is 5. The quantitative estimate of drug-likeness (QED) is 0.696. The molecule has 0 aliphatic heterocycles. The molecule has 146 valence electrons. The Morgan fingerprint density at radius 1 is 1.29 bits per heavy atom. The fourth-order valence-corrected chi connectivity index (χ4v) is 4.15. The number of carbonyl (C=O) groups excluding carboxylic acids is 1. The molecule has 0 radical (unpaired) electrons. The van der Waals surface area contributed by atoms with Crippen LogP contribution < -0.4 is 0 Å². The van der Waals surface area contributed by atoms with Gasteiger partial charge in [-0.25, -0.2) is 13.8 Å². The van der Waals surface area contributed by atoms with Gasteiger partial charge >= 0.3 is 0 Å². The zero-order valence-corrected chi connectivity index (χ0v) is 16.7. The molecular weight excluding hydrogens is 380 g/mol. The SMILES string of the molecule is CC(c1ccc(F)c(F)c1)N(C)C(=O)CSc1nc2c(cc1C#N)CCCC2. The summed E-state index contributed by atoms with van der Waals surface area (Å²) in [7, 11) is 1.63. The topological polar surface area (TPSA) is 57.0 Å². The van der Waals surface area contributed by atoms with E-state index in [-0.39, 0.29) is 11.7 Å². The van der Waals surface area contributed by atoms with Crippen molar-refractivity contribution in [3.05, 3.63) is 58.3 Å². The monoisotopic (exact) mass is 401 g/mol. The summed E-state index contributed by atoms with van der Waals surface area (Å²) in [5, 5.41) is 9.99. The lowest BCUT2D eigenvalue weighted by Gasteiger charge is -2.25. The summed E-state index contributed by atoms with van der Waals surface area (Å²) in [6.07, 6.45) is 4.03. The Morgan fingerprint density at radius 3 is 2.75 bits per heavy atom. The van der Waals surface area contributed by atoms with Crippen molar-refractivity contribution >= 4 is 17.7 Å². The largest absolute Gasteiger partial charge is 0.338 e. The van der Waals surface area contributed by atoms with Gasteiger partial charge in [-0.05, 0) is 61.9 Å². The Morgan fingerprint density at radius 2 is 2.04 bits per heavy atom. The van der Waals surface area contributed by atoms with Crippen molar-refractivity contribution in [3.63, 3.8) is 0 Å². The number of carbonyl (C=O) groups is 1. The van der Waals surface area contributed by atoms with Crippen molar-refractivity contribution in [2.75, 3.05) is 12.8 Å². The number of fused-ring (bicyclic) bond motifs is 1. The van der Waals surface area contributed by atoms with Gasteiger partial charge in [-0.1, -0.05) is 17.8 Å². The first kappa shape index (κ1) is 20.3. The third kappa shape index (κ3) is 4.33. The highest BCUT2D eigenvalue weighted by Gasteiger charge is 2.21. The van der Waals surface area contributed by atoms with Crippen LogP contribution >= 0.6 is 11.8 Å². The van der Waals surface area contributed by atoms with Crippen LogP contribution in [-0.2, 0) is 17.6 Å². The molecule has 1 aromatic carbocycles. The van der Waals surface area contributed by atoms with Crippen LogP contribution in [0.5, 0.6) is 0 Å². The van der Waals surface area contributed by atoms with Crippen LogP contribution in [0.3, 0.4) is 0 Å². The summed E-state index contributed by atoms with van der Waals surface area (Å²) in [5.74, 6) is -1.91. The van der Waals surface area contributed by atoms with Gasteiger partial charge in [-0.3, -0.25) is 4.79 Å². The Kier molecular flexibility index (Phi) is 6.30. The summed E-state index contributed by atoms with van der Waals surface area (Å²) in [5.41, 5.74) is 3.16. The minimum absolute atomic E-state index is 0.116. The van der Waals surface area contributed by atoms with Crippen molar-refractivity contribution < 1.29 is 13.6 Å². The van der Waals surface area contributed by atoms with E-state index in [1.54, 1.807) is 14.0 Å². The molecule has 28 heavy (non-hydrogen) atoms. The molecule has 3 rings (SSSR count). The lowest BCUT2D eigenvalue weighted by Crippen LogP contribution is -2.31. The molecule has 0 fully saturated rings. The number of hydrogen-bond donors (Lipinski definition) is 0. The van der Waals surface area contributed by atoms with Crippen molar-refractivity contribution in [3.8, 4) is 6.07 Å². The molecule has 4 nitrogen and oxygen atoms in total. The van der Waals surface area contributed by atoms with E-state index in [0.29, 0.717) is 16.2 Å². The molecule has 7 heteroatoms. The van der Waals surface area contributed by atoms with Crippen LogP contribution in [-0.4, -0.2) is 28.6 Å². The molecule has 0 saturated carbocycles. The molecule has 1 heterocycles. The van der Waals surface area contributed by atoms with Crippen LogP contribution in [0.4, 0.5) is 8.78 Å². The summed E-state index contributed by atoms with van der Waals surface area (Å²) in [6, 6.07) is 7.29. The van der Waals surface area contributed by atoms with Crippen LogP contribution in [0.15, 0.2) is 29.3 Å². The Bertz CT molecular complexity index is 942. The molecule has 0 spiro atoms. The van der Waals surface area contributed by atoms with Gasteiger partial charge in [0, 0.05) is 12.7 Å². The Labute approximate surface area is 167 Å². The maximum absolute atomic E-state index is 13.5. The molecule has 0 saturated heterocycles.